The van der Waals surface area contributed by atoms with Gasteiger partial charge in [-0.05, 0) is 5.56 Å². The fourth-order valence-electron chi connectivity index (χ4n) is 3.29. The summed E-state index contributed by atoms with van der Waals surface area (Å²) < 4.78 is 0. The Hall–Kier alpha value is -3.54. The third-order valence-electron chi connectivity index (χ3n) is 4.29. The maximum absolute atomic E-state index is 9.48. The van der Waals surface area contributed by atoms with Crippen LogP contribution in [0.1, 0.15) is 11.1 Å². The van der Waals surface area contributed by atoms with Gasteiger partial charge in [-0.2, -0.15) is 0 Å². The van der Waals surface area contributed by atoms with Crippen LogP contribution in [0.2, 0.25) is 0 Å². The van der Waals surface area contributed by atoms with Crippen LogP contribution in [-0.2, 0) is 0 Å². The average molecular weight is 313 g/mol. The van der Waals surface area contributed by atoms with Crippen molar-refractivity contribution in [2.24, 2.45) is 5.16 Å². The molecule has 0 saturated carbocycles. The number of aromatic amines is 1. The number of nitrogens with zero attached hydrogens (tertiary/aromatic N) is 4. The zero-order valence-corrected chi connectivity index (χ0v) is 12.4. The van der Waals surface area contributed by atoms with Crippen LogP contribution in [0.15, 0.2) is 60.1 Å². The predicted molar refractivity (Wildman–Crippen MR) is 90.0 cm³/mol. The van der Waals surface area contributed by atoms with E-state index in [4.69, 9.17) is 0 Å². The van der Waals surface area contributed by atoms with E-state index in [1.165, 1.54) is 6.33 Å². The van der Waals surface area contributed by atoms with E-state index in [0.29, 0.717) is 11.4 Å². The molecule has 2 heterocycles. The molecule has 0 radical (unpaired) electrons. The van der Waals surface area contributed by atoms with E-state index in [9.17, 15) is 5.21 Å². The predicted octanol–water partition coefficient (Wildman–Crippen LogP) is 3.23. The average Bonchev–Trinajstić information content (AvgIpc) is 3.20. The molecule has 0 atom stereocenters. The van der Waals surface area contributed by atoms with E-state index in [1.807, 2.05) is 42.5 Å². The lowest BCUT2D eigenvalue weighted by molar-refractivity contribution is 0.320. The van der Waals surface area contributed by atoms with Gasteiger partial charge in [0.2, 0.25) is 0 Å². The van der Waals surface area contributed by atoms with Crippen LogP contribution >= 0.6 is 0 Å². The second-order valence-electron chi connectivity index (χ2n) is 5.57. The van der Waals surface area contributed by atoms with Crippen molar-refractivity contribution in [1.82, 2.24) is 19.9 Å². The summed E-state index contributed by atoms with van der Waals surface area (Å²) in [7, 11) is 0. The molecule has 5 rings (SSSR count). The van der Waals surface area contributed by atoms with Gasteiger partial charge in [0.1, 0.15) is 23.4 Å². The minimum atomic E-state index is 0.582. The van der Waals surface area contributed by atoms with Gasteiger partial charge in [-0.25, -0.2) is 15.0 Å². The molecule has 2 aromatic carbocycles. The summed E-state index contributed by atoms with van der Waals surface area (Å²) >= 11 is 0. The van der Waals surface area contributed by atoms with Gasteiger partial charge in [-0.3, -0.25) is 0 Å². The van der Waals surface area contributed by atoms with E-state index < -0.39 is 0 Å². The number of imidazole rings is 1. The number of benzene rings is 2. The zero-order chi connectivity index (χ0) is 16.1. The van der Waals surface area contributed by atoms with Crippen LogP contribution in [0.4, 0.5) is 0 Å². The quantitative estimate of drug-likeness (QED) is 0.367. The van der Waals surface area contributed by atoms with Crippen LogP contribution in [0.25, 0.3) is 33.7 Å². The van der Waals surface area contributed by atoms with Gasteiger partial charge < -0.3 is 10.2 Å². The number of aromatic nitrogens is 4. The summed E-state index contributed by atoms with van der Waals surface area (Å²) in [6.45, 7) is 0. The molecule has 0 bridgehead atoms. The molecule has 6 nitrogen and oxygen atoms in total. The van der Waals surface area contributed by atoms with Gasteiger partial charge in [0.05, 0.1) is 6.20 Å². The van der Waals surface area contributed by atoms with Crippen LogP contribution in [0, 0.1) is 0 Å². The second kappa shape index (κ2) is 4.73. The van der Waals surface area contributed by atoms with Crippen molar-refractivity contribution in [3.63, 3.8) is 0 Å². The first-order valence-corrected chi connectivity index (χ1v) is 7.48. The van der Waals surface area contributed by atoms with Crippen molar-refractivity contribution in [1.29, 1.82) is 0 Å². The van der Waals surface area contributed by atoms with Crippen LogP contribution < -0.4 is 0 Å². The Morgan fingerprint density at radius 3 is 2.54 bits per heavy atom. The van der Waals surface area contributed by atoms with Crippen LogP contribution in [-0.4, -0.2) is 30.9 Å². The van der Waals surface area contributed by atoms with E-state index in [0.717, 1.165) is 39.2 Å². The molecule has 114 valence electrons. The molecule has 0 fully saturated rings. The Labute approximate surface area is 136 Å². The van der Waals surface area contributed by atoms with Crippen molar-refractivity contribution in [2.45, 2.75) is 0 Å². The highest BCUT2D eigenvalue weighted by atomic mass is 16.4. The van der Waals surface area contributed by atoms with Gasteiger partial charge in [0, 0.05) is 22.3 Å². The van der Waals surface area contributed by atoms with Gasteiger partial charge in [-0.1, -0.05) is 47.6 Å². The topological polar surface area (TPSA) is 87.1 Å². The molecule has 1 aliphatic rings. The first kappa shape index (κ1) is 13.0. The Balaban J connectivity index is 1.84. The largest absolute Gasteiger partial charge is 0.410 e. The molecule has 2 aromatic heterocycles. The lowest BCUT2D eigenvalue weighted by Gasteiger charge is -2.06. The molecule has 4 aromatic rings. The SMILES string of the molecule is ON=C1c2ccccc2-c2c1cccc2-c1nc2ncncc2[nH]1. The normalized spacial score (nSPS) is 14.1. The number of hydrogen-bond donors (Lipinski definition) is 2. The molecule has 0 unspecified atom stereocenters. The number of nitrogens with one attached hydrogen (secondary N) is 1. The fraction of sp³-hybridized carbons (Fsp3) is 0. The lowest BCUT2D eigenvalue weighted by atomic mass is 9.99. The highest BCUT2D eigenvalue weighted by Gasteiger charge is 2.28. The van der Waals surface area contributed by atoms with Crippen molar-refractivity contribution < 1.29 is 5.21 Å². The van der Waals surface area contributed by atoms with Crippen LogP contribution in [0.3, 0.4) is 0 Å². The molecule has 0 spiro atoms. The Kier molecular flexibility index (Phi) is 2.55. The highest BCUT2D eigenvalue weighted by Crippen LogP contribution is 2.42. The van der Waals surface area contributed by atoms with Gasteiger partial charge >= 0.3 is 0 Å². The molecular formula is C18H11N5O. The number of oxime groups is 1. The summed E-state index contributed by atoms with van der Waals surface area (Å²) in [5.41, 5.74) is 6.78. The molecule has 0 amide bonds. The van der Waals surface area contributed by atoms with Gasteiger partial charge in [0.15, 0.2) is 5.65 Å². The summed E-state index contributed by atoms with van der Waals surface area (Å²) in [5, 5.41) is 13.0. The Morgan fingerprint density at radius 2 is 1.71 bits per heavy atom. The van der Waals surface area contributed by atoms with E-state index >= 15 is 0 Å². The number of fused-ring (bicyclic) bond motifs is 4. The van der Waals surface area contributed by atoms with Gasteiger partial charge in [-0.15, -0.1) is 0 Å². The number of hydrogen-bond acceptors (Lipinski definition) is 5. The molecule has 2 N–H and O–H groups in total. The van der Waals surface area contributed by atoms with Crippen molar-refractivity contribution in [3.05, 3.63) is 66.1 Å². The lowest BCUT2D eigenvalue weighted by Crippen LogP contribution is -1.97. The standard InChI is InChI=1S/C18H11N5O/c24-23-16-11-5-2-1-4-10(11)15-12(16)6-3-7-13(15)17-21-14-8-19-9-20-18(14)22-17/h1-9,24H,(H,19,20,21,22). The van der Waals surface area contributed by atoms with E-state index in [1.54, 1.807) is 6.20 Å². The van der Waals surface area contributed by atoms with Crippen molar-refractivity contribution in [3.8, 4) is 22.5 Å². The third kappa shape index (κ3) is 1.65. The van der Waals surface area contributed by atoms with E-state index in [-0.39, 0.29) is 0 Å². The first-order valence-electron chi connectivity index (χ1n) is 7.48. The van der Waals surface area contributed by atoms with Crippen molar-refractivity contribution >= 4 is 16.9 Å². The third-order valence-corrected chi connectivity index (χ3v) is 4.29. The van der Waals surface area contributed by atoms with Crippen molar-refractivity contribution in [2.75, 3.05) is 0 Å². The number of H-pyrrole nitrogens is 1. The molecule has 24 heavy (non-hydrogen) atoms. The maximum Gasteiger partial charge on any atom is 0.181 e. The molecule has 0 saturated heterocycles. The Morgan fingerprint density at radius 1 is 0.917 bits per heavy atom. The second-order valence-corrected chi connectivity index (χ2v) is 5.57. The van der Waals surface area contributed by atoms with Crippen LogP contribution in [0.5, 0.6) is 0 Å². The summed E-state index contributed by atoms with van der Waals surface area (Å²) in [6.07, 6.45) is 3.19. The molecule has 1 aliphatic carbocycles. The summed E-state index contributed by atoms with van der Waals surface area (Å²) in [5.74, 6) is 0.719. The zero-order valence-electron chi connectivity index (χ0n) is 12.4. The summed E-state index contributed by atoms with van der Waals surface area (Å²) in [6, 6.07) is 13.8. The smallest absolute Gasteiger partial charge is 0.181 e. The Bertz CT molecular complexity index is 1100. The molecular weight excluding hydrogens is 302 g/mol. The summed E-state index contributed by atoms with van der Waals surface area (Å²) in [4.78, 5) is 16.0. The molecule has 6 heteroatoms. The fourth-order valence-corrected chi connectivity index (χ4v) is 3.29. The minimum Gasteiger partial charge on any atom is -0.410 e. The van der Waals surface area contributed by atoms with E-state index in [2.05, 4.69) is 25.1 Å². The minimum absolute atomic E-state index is 0.582. The van der Waals surface area contributed by atoms with Gasteiger partial charge in [0.25, 0.3) is 0 Å². The monoisotopic (exact) mass is 313 g/mol. The first-order chi connectivity index (χ1) is 11.9. The maximum atomic E-state index is 9.48. The highest BCUT2D eigenvalue weighted by molar-refractivity contribution is 6.26. The number of rotatable bonds is 1. The molecule has 0 aliphatic heterocycles.